The quantitative estimate of drug-likeness (QED) is 0.919. The molecule has 1 aromatic rings. The molecule has 3 aliphatic rings. The molecule has 2 N–H and O–H groups in total. The van der Waals surface area contributed by atoms with Gasteiger partial charge in [-0.3, -0.25) is 0 Å². The van der Waals surface area contributed by atoms with Crippen LogP contribution in [0.25, 0.3) is 0 Å². The molecular weight excluding hydrogens is 254 g/mol. The molecule has 5 heteroatoms. The van der Waals surface area contributed by atoms with Crippen LogP contribution in [0.4, 0.5) is 0 Å². The average Bonchev–Trinajstić information content (AvgIpc) is 3.23. The maximum atomic E-state index is 6.33. The molecule has 3 heterocycles. The van der Waals surface area contributed by atoms with E-state index in [9.17, 15) is 0 Å². The lowest BCUT2D eigenvalue weighted by molar-refractivity contribution is 0.0996. The van der Waals surface area contributed by atoms with E-state index >= 15 is 0 Å². The van der Waals surface area contributed by atoms with E-state index in [1.807, 2.05) is 0 Å². The summed E-state index contributed by atoms with van der Waals surface area (Å²) in [7, 11) is 0. The van der Waals surface area contributed by atoms with Crippen molar-refractivity contribution in [3.63, 3.8) is 0 Å². The summed E-state index contributed by atoms with van der Waals surface area (Å²) in [5.74, 6) is 2.28. The Kier molecular flexibility index (Phi) is 3.27. The van der Waals surface area contributed by atoms with Crippen LogP contribution in [0.15, 0.2) is 4.52 Å². The van der Waals surface area contributed by atoms with Crippen molar-refractivity contribution in [2.24, 2.45) is 11.7 Å². The molecule has 0 amide bonds. The Bertz CT molecular complexity index is 469. The zero-order valence-corrected chi connectivity index (χ0v) is 11.8. The summed E-state index contributed by atoms with van der Waals surface area (Å²) >= 11 is 0. The first-order valence-electron chi connectivity index (χ1n) is 8.06. The molecule has 2 saturated heterocycles. The van der Waals surface area contributed by atoms with Crippen molar-refractivity contribution in [1.29, 1.82) is 0 Å². The summed E-state index contributed by atoms with van der Waals surface area (Å²) in [6.07, 6.45) is 10.4. The third-order valence-electron chi connectivity index (χ3n) is 5.34. The first-order chi connectivity index (χ1) is 9.81. The highest BCUT2D eigenvalue weighted by atomic mass is 16.5. The largest absolute Gasteiger partial charge is 0.374 e. The van der Waals surface area contributed by atoms with Crippen molar-refractivity contribution in [1.82, 2.24) is 10.1 Å². The molecule has 110 valence electrons. The van der Waals surface area contributed by atoms with Crippen molar-refractivity contribution in [3.05, 3.63) is 11.7 Å². The number of fused-ring (bicyclic) bond motifs is 2. The van der Waals surface area contributed by atoms with Crippen molar-refractivity contribution in [2.75, 3.05) is 0 Å². The van der Waals surface area contributed by atoms with Gasteiger partial charge in [0.1, 0.15) is 0 Å². The number of nitrogens with zero attached hydrogens (tertiary/aromatic N) is 2. The standard InChI is InChI=1S/C15H23N3O2/c16-13(9-4-2-1-3-5-9)15-17-14(18-20-15)11-8-10-6-7-12(11)19-10/h9-13H,1-8,16H2. The van der Waals surface area contributed by atoms with E-state index in [-0.39, 0.29) is 6.04 Å². The SMILES string of the molecule is NC(c1nc(C2CC3CCC2O3)no1)C1CCCCC1. The van der Waals surface area contributed by atoms with E-state index in [1.54, 1.807) is 0 Å². The molecule has 0 aromatic carbocycles. The molecule has 2 bridgehead atoms. The minimum Gasteiger partial charge on any atom is -0.374 e. The van der Waals surface area contributed by atoms with Crippen molar-refractivity contribution >= 4 is 0 Å². The van der Waals surface area contributed by atoms with Crippen LogP contribution in [0, 0.1) is 5.92 Å². The summed E-state index contributed by atoms with van der Waals surface area (Å²) in [5, 5.41) is 4.19. The molecule has 1 aliphatic carbocycles. The lowest BCUT2D eigenvalue weighted by atomic mass is 9.84. The molecule has 1 aromatic heterocycles. The molecule has 0 radical (unpaired) electrons. The number of hydrogen-bond donors (Lipinski definition) is 1. The highest BCUT2D eigenvalue weighted by Gasteiger charge is 2.44. The van der Waals surface area contributed by atoms with Crippen LogP contribution < -0.4 is 5.73 Å². The molecule has 4 unspecified atom stereocenters. The molecular formula is C15H23N3O2. The molecule has 0 spiro atoms. The minimum atomic E-state index is -0.0870. The summed E-state index contributed by atoms with van der Waals surface area (Å²) in [6, 6.07) is -0.0870. The normalized spacial score (nSPS) is 35.5. The van der Waals surface area contributed by atoms with Crippen molar-refractivity contribution in [3.8, 4) is 0 Å². The Hall–Kier alpha value is -0.940. The minimum absolute atomic E-state index is 0.0870. The van der Waals surface area contributed by atoms with Gasteiger partial charge in [-0.2, -0.15) is 4.98 Å². The average molecular weight is 277 g/mol. The predicted molar refractivity (Wildman–Crippen MR) is 73.1 cm³/mol. The molecule has 4 rings (SSSR count). The Morgan fingerprint density at radius 3 is 2.65 bits per heavy atom. The Labute approximate surface area is 119 Å². The van der Waals surface area contributed by atoms with E-state index < -0.39 is 0 Å². The first kappa shape index (κ1) is 12.8. The second kappa shape index (κ2) is 5.11. The highest BCUT2D eigenvalue weighted by Crippen LogP contribution is 2.43. The van der Waals surface area contributed by atoms with Crippen LogP contribution in [-0.2, 0) is 4.74 Å². The van der Waals surface area contributed by atoms with Crippen molar-refractivity contribution in [2.45, 2.75) is 75.5 Å². The molecule has 3 fully saturated rings. The molecule has 5 nitrogen and oxygen atoms in total. The highest BCUT2D eigenvalue weighted by molar-refractivity contribution is 5.08. The Morgan fingerprint density at radius 2 is 1.95 bits per heavy atom. The van der Waals surface area contributed by atoms with Gasteiger partial charge in [0, 0.05) is 0 Å². The third kappa shape index (κ3) is 2.17. The van der Waals surface area contributed by atoms with Crippen LogP contribution >= 0.6 is 0 Å². The van der Waals surface area contributed by atoms with Gasteiger partial charge in [0.15, 0.2) is 5.82 Å². The lowest BCUT2D eigenvalue weighted by Gasteiger charge is -2.24. The zero-order valence-electron chi connectivity index (χ0n) is 11.8. The number of aromatic nitrogens is 2. The van der Waals surface area contributed by atoms with Gasteiger partial charge in [-0.15, -0.1) is 0 Å². The van der Waals surface area contributed by atoms with Gasteiger partial charge in [-0.25, -0.2) is 0 Å². The van der Waals surface area contributed by atoms with Gasteiger partial charge in [0.05, 0.1) is 24.2 Å². The summed E-state index contributed by atoms with van der Waals surface area (Å²) in [6.45, 7) is 0. The van der Waals surface area contributed by atoms with E-state index in [4.69, 9.17) is 15.0 Å². The Balaban J connectivity index is 1.47. The smallest absolute Gasteiger partial charge is 0.243 e. The summed E-state index contributed by atoms with van der Waals surface area (Å²) in [5.41, 5.74) is 6.33. The van der Waals surface area contributed by atoms with Gasteiger partial charge in [-0.1, -0.05) is 24.4 Å². The van der Waals surface area contributed by atoms with E-state index in [2.05, 4.69) is 10.1 Å². The monoisotopic (exact) mass is 277 g/mol. The fourth-order valence-corrected chi connectivity index (χ4v) is 4.14. The van der Waals surface area contributed by atoms with Crippen LogP contribution in [0.3, 0.4) is 0 Å². The third-order valence-corrected chi connectivity index (χ3v) is 5.34. The number of hydrogen-bond acceptors (Lipinski definition) is 5. The van der Waals surface area contributed by atoms with Crippen LogP contribution in [-0.4, -0.2) is 22.3 Å². The van der Waals surface area contributed by atoms with Gasteiger partial charge in [0.25, 0.3) is 0 Å². The molecule has 20 heavy (non-hydrogen) atoms. The number of rotatable bonds is 3. The first-order valence-corrected chi connectivity index (χ1v) is 8.06. The zero-order chi connectivity index (χ0) is 13.5. The fourth-order valence-electron chi connectivity index (χ4n) is 4.14. The Morgan fingerprint density at radius 1 is 1.10 bits per heavy atom. The maximum Gasteiger partial charge on any atom is 0.243 e. The molecule has 2 aliphatic heterocycles. The van der Waals surface area contributed by atoms with E-state index in [1.165, 1.54) is 38.5 Å². The maximum absolute atomic E-state index is 6.33. The van der Waals surface area contributed by atoms with Gasteiger partial charge in [-0.05, 0) is 38.0 Å². The second-order valence-corrected chi connectivity index (χ2v) is 6.63. The van der Waals surface area contributed by atoms with Crippen LogP contribution in [0.5, 0.6) is 0 Å². The second-order valence-electron chi connectivity index (χ2n) is 6.63. The van der Waals surface area contributed by atoms with Gasteiger partial charge >= 0.3 is 0 Å². The van der Waals surface area contributed by atoms with Crippen LogP contribution in [0.1, 0.15) is 75.0 Å². The summed E-state index contributed by atoms with van der Waals surface area (Å²) in [4.78, 5) is 4.60. The summed E-state index contributed by atoms with van der Waals surface area (Å²) < 4.78 is 11.3. The van der Waals surface area contributed by atoms with E-state index in [0.717, 1.165) is 18.7 Å². The van der Waals surface area contributed by atoms with Crippen LogP contribution in [0.2, 0.25) is 0 Å². The number of ether oxygens (including phenoxy) is 1. The van der Waals surface area contributed by atoms with Gasteiger partial charge < -0.3 is 15.0 Å². The number of nitrogens with two attached hydrogens (primary N) is 1. The van der Waals surface area contributed by atoms with Gasteiger partial charge in [0.2, 0.25) is 5.89 Å². The van der Waals surface area contributed by atoms with Crippen molar-refractivity contribution < 1.29 is 9.26 Å². The molecule has 1 saturated carbocycles. The lowest BCUT2D eigenvalue weighted by Crippen LogP contribution is -2.24. The fraction of sp³-hybridized carbons (Fsp3) is 0.867. The van der Waals surface area contributed by atoms with E-state index in [0.29, 0.717) is 29.9 Å². The predicted octanol–water partition coefficient (Wildman–Crippen LogP) is 2.68. The topological polar surface area (TPSA) is 74.2 Å². The molecule has 4 atom stereocenters.